The third-order valence-electron chi connectivity index (χ3n) is 2.98. The van der Waals surface area contributed by atoms with E-state index in [4.69, 9.17) is 11.6 Å². The molecule has 0 bridgehead atoms. The number of H-pyrrole nitrogens is 1. The molecule has 0 saturated heterocycles. The molecule has 0 aliphatic carbocycles. The van der Waals surface area contributed by atoms with E-state index in [9.17, 15) is 5.11 Å². The van der Waals surface area contributed by atoms with Crippen LogP contribution in [0.3, 0.4) is 0 Å². The fraction of sp³-hybridized carbons (Fsp3) is 0.385. The van der Waals surface area contributed by atoms with Gasteiger partial charge in [-0.2, -0.15) is 0 Å². The fourth-order valence-electron chi connectivity index (χ4n) is 2.12. The van der Waals surface area contributed by atoms with E-state index in [-0.39, 0.29) is 0 Å². The molecule has 2 rings (SSSR count). The molecule has 2 nitrogen and oxygen atoms in total. The summed E-state index contributed by atoms with van der Waals surface area (Å²) in [6.07, 6.45) is 1.17. The largest absolute Gasteiger partial charge is 0.388 e. The Kier molecular flexibility index (Phi) is 3.22. The first-order valence-corrected chi connectivity index (χ1v) is 6.03. The Morgan fingerprint density at radius 1 is 1.38 bits per heavy atom. The molecule has 86 valence electrons. The Hall–Kier alpha value is -0.990. The van der Waals surface area contributed by atoms with E-state index in [1.165, 1.54) is 0 Å². The minimum Gasteiger partial charge on any atom is -0.388 e. The van der Waals surface area contributed by atoms with Gasteiger partial charge >= 0.3 is 0 Å². The summed E-state index contributed by atoms with van der Waals surface area (Å²) in [7, 11) is 0. The highest BCUT2D eigenvalue weighted by molar-refractivity contribution is 6.35. The number of rotatable bonds is 3. The highest BCUT2D eigenvalue weighted by Crippen LogP contribution is 2.33. The van der Waals surface area contributed by atoms with Crippen LogP contribution in [0.2, 0.25) is 5.02 Å². The van der Waals surface area contributed by atoms with Gasteiger partial charge in [-0.25, -0.2) is 0 Å². The van der Waals surface area contributed by atoms with Crippen molar-refractivity contribution in [3.63, 3.8) is 0 Å². The average molecular weight is 238 g/mol. The molecule has 1 unspecified atom stereocenters. The monoisotopic (exact) mass is 237 g/mol. The number of hydrogen-bond acceptors (Lipinski definition) is 1. The second-order valence-corrected chi connectivity index (χ2v) is 4.36. The van der Waals surface area contributed by atoms with E-state index >= 15 is 0 Å². The van der Waals surface area contributed by atoms with Crippen LogP contribution in [0.1, 0.15) is 37.6 Å². The van der Waals surface area contributed by atoms with Gasteiger partial charge in [0.05, 0.1) is 16.6 Å². The summed E-state index contributed by atoms with van der Waals surface area (Å²) in [6.45, 7) is 4.05. The highest BCUT2D eigenvalue weighted by Gasteiger charge is 2.17. The molecule has 0 radical (unpaired) electrons. The van der Waals surface area contributed by atoms with Gasteiger partial charge < -0.3 is 10.1 Å². The van der Waals surface area contributed by atoms with Crippen LogP contribution in [0.5, 0.6) is 0 Å². The zero-order valence-electron chi connectivity index (χ0n) is 9.55. The van der Waals surface area contributed by atoms with Gasteiger partial charge in [-0.15, -0.1) is 0 Å². The van der Waals surface area contributed by atoms with Crippen LogP contribution >= 0.6 is 11.6 Å². The van der Waals surface area contributed by atoms with E-state index in [1.54, 1.807) is 0 Å². The molecule has 2 aromatic rings. The minimum atomic E-state index is -0.415. The number of hydrogen-bond donors (Lipinski definition) is 2. The molecule has 0 spiro atoms. The maximum atomic E-state index is 10.1. The summed E-state index contributed by atoms with van der Waals surface area (Å²) in [4.78, 5) is 3.31. The number of aryl methyl sites for hydroxylation is 1. The van der Waals surface area contributed by atoms with Crippen LogP contribution in [0.15, 0.2) is 18.2 Å². The number of benzene rings is 1. The Morgan fingerprint density at radius 2 is 2.12 bits per heavy atom. The molecule has 0 amide bonds. The van der Waals surface area contributed by atoms with Crippen molar-refractivity contribution in [3.8, 4) is 0 Å². The maximum Gasteiger partial charge on any atom is 0.0810 e. The van der Waals surface area contributed by atoms with Crippen molar-refractivity contribution in [1.29, 1.82) is 0 Å². The van der Waals surface area contributed by atoms with E-state index in [2.05, 4.69) is 11.9 Å². The number of aromatic amines is 1. The molecular weight excluding hydrogens is 222 g/mol. The first kappa shape index (κ1) is 11.5. The summed E-state index contributed by atoms with van der Waals surface area (Å²) in [6, 6.07) is 5.79. The molecular formula is C13H16ClNO. The van der Waals surface area contributed by atoms with Crippen molar-refractivity contribution in [3.05, 3.63) is 34.5 Å². The summed E-state index contributed by atoms with van der Waals surface area (Å²) >= 11 is 6.13. The number of nitrogens with one attached hydrogen (secondary N) is 1. The van der Waals surface area contributed by atoms with Crippen molar-refractivity contribution >= 4 is 22.5 Å². The van der Waals surface area contributed by atoms with Crippen LogP contribution in [0.4, 0.5) is 0 Å². The van der Waals surface area contributed by atoms with Gasteiger partial charge in [-0.05, 0) is 18.9 Å². The molecule has 1 atom stereocenters. The summed E-state index contributed by atoms with van der Waals surface area (Å²) in [5.74, 6) is 0. The zero-order chi connectivity index (χ0) is 11.7. The molecule has 0 saturated carbocycles. The molecule has 2 N–H and O–H groups in total. The lowest BCUT2D eigenvalue weighted by Crippen LogP contribution is -1.98. The van der Waals surface area contributed by atoms with Crippen LogP contribution in [0.25, 0.3) is 10.9 Å². The van der Waals surface area contributed by atoms with E-state index in [0.29, 0.717) is 11.4 Å². The van der Waals surface area contributed by atoms with E-state index in [0.717, 1.165) is 28.6 Å². The smallest absolute Gasteiger partial charge is 0.0810 e. The Labute approximate surface area is 100 Å². The van der Waals surface area contributed by atoms with Gasteiger partial charge in [0.1, 0.15) is 0 Å². The van der Waals surface area contributed by atoms with Gasteiger partial charge in [-0.3, -0.25) is 0 Å². The molecule has 1 heterocycles. The minimum absolute atomic E-state index is 0.415. The number of halogens is 1. The second-order valence-electron chi connectivity index (χ2n) is 3.96. The van der Waals surface area contributed by atoms with Crippen molar-refractivity contribution < 1.29 is 5.11 Å². The molecule has 3 heteroatoms. The Morgan fingerprint density at radius 3 is 2.75 bits per heavy atom. The molecule has 1 aromatic heterocycles. The normalized spacial score (nSPS) is 13.2. The predicted octanol–water partition coefficient (Wildman–Crippen LogP) is 3.83. The van der Waals surface area contributed by atoms with Crippen molar-refractivity contribution in [2.75, 3.05) is 0 Å². The number of aromatic nitrogens is 1. The van der Waals surface area contributed by atoms with Crippen LogP contribution in [0, 0.1) is 0 Å². The lowest BCUT2D eigenvalue weighted by molar-refractivity contribution is 0.174. The Balaban J connectivity index is 2.73. The van der Waals surface area contributed by atoms with Gasteiger partial charge in [0.25, 0.3) is 0 Å². The summed E-state index contributed by atoms with van der Waals surface area (Å²) in [5, 5.41) is 11.8. The molecule has 0 aliphatic rings. The maximum absolute atomic E-state index is 10.1. The van der Waals surface area contributed by atoms with Gasteiger partial charge in [0.15, 0.2) is 0 Å². The summed E-state index contributed by atoms with van der Waals surface area (Å²) < 4.78 is 0. The fourth-order valence-corrected chi connectivity index (χ4v) is 2.34. The van der Waals surface area contributed by atoms with Gasteiger partial charge in [-0.1, -0.05) is 37.6 Å². The summed E-state index contributed by atoms with van der Waals surface area (Å²) in [5.41, 5.74) is 3.02. The number of aliphatic hydroxyl groups excluding tert-OH is 1. The van der Waals surface area contributed by atoms with Gasteiger partial charge in [0.2, 0.25) is 0 Å². The highest BCUT2D eigenvalue weighted by atomic mass is 35.5. The molecule has 1 aromatic carbocycles. The third-order valence-corrected chi connectivity index (χ3v) is 3.29. The van der Waals surface area contributed by atoms with Crippen LogP contribution in [-0.4, -0.2) is 10.1 Å². The van der Waals surface area contributed by atoms with Crippen LogP contribution in [-0.2, 0) is 6.42 Å². The second kappa shape index (κ2) is 4.48. The zero-order valence-corrected chi connectivity index (χ0v) is 10.3. The first-order chi connectivity index (χ1) is 7.69. The first-order valence-electron chi connectivity index (χ1n) is 5.66. The lowest BCUT2D eigenvalue weighted by atomic mass is 10.0. The van der Waals surface area contributed by atoms with Crippen LogP contribution < -0.4 is 0 Å². The molecule has 0 fully saturated rings. The number of para-hydroxylation sites is 1. The average Bonchev–Trinajstić information content (AvgIpc) is 2.68. The lowest BCUT2D eigenvalue weighted by Gasteiger charge is -2.09. The number of aliphatic hydroxyl groups is 1. The number of fused-ring (bicyclic) bond motifs is 1. The van der Waals surface area contributed by atoms with Crippen molar-refractivity contribution in [2.45, 2.75) is 32.8 Å². The van der Waals surface area contributed by atoms with Gasteiger partial charge in [0, 0.05) is 16.6 Å². The van der Waals surface area contributed by atoms with Crippen molar-refractivity contribution in [1.82, 2.24) is 4.98 Å². The third kappa shape index (κ3) is 1.72. The molecule has 16 heavy (non-hydrogen) atoms. The Bertz CT molecular complexity index is 504. The topological polar surface area (TPSA) is 36.0 Å². The van der Waals surface area contributed by atoms with Crippen molar-refractivity contribution in [2.24, 2.45) is 0 Å². The standard InChI is InChI=1S/C13H16ClNO/c1-3-10-12(11(16)4-2)8-6-5-7-9(14)13(8)15-10/h5-7,11,15-16H,3-4H2,1-2H3. The van der Waals surface area contributed by atoms with E-state index < -0.39 is 6.10 Å². The SMILES string of the molecule is CCc1[nH]c2c(Cl)cccc2c1C(O)CC. The quantitative estimate of drug-likeness (QED) is 0.836. The molecule has 0 aliphatic heterocycles. The predicted molar refractivity (Wildman–Crippen MR) is 67.9 cm³/mol. The van der Waals surface area contributed by atoms with E-state index in [1.807, 2.05) is 25.1 Å².